The van der Waals surface area contributed by atoms with Crippen molar-refractivity contribution < 1.29 is 4.74 Å². The van der Waals surface area contributed by atoms with Crippen molar-refractivity contribution in [3.63, 3.8) is 0 Å². The number of rotatable bonds is 3. The second kappa shape index (κ2) is 4.97. The van der Waals surface area contributed by atoms with Crippen LogP contribution in [0.25, 0.3) is 16.9 Å². The second-order valence-corrected chi connectivity index (χ2v) is 4.95. The zero-order valence-electron chi connectivity index (χ0n) is 10.8. The highest BCUT2D eigenvalue weighted by Gasteiger charge is 2.16. The first-order valence-corrected chi connectivity index (χ1v) is 7.22. The van der Waals surface area contributed by atoms with E-state index >= 15 is 0 Å². The van der Waals surface area contributed by atoms with Crippen LogP contribution in [0.3, 0.4) is 0 Å². The molecule has 0 N–H and O–H groups in total. The van der Waals surface area contributed by atoms with E-state index in [2.05, 4.69) is 12.3 Å². The fourth-order valence-corrected chi connectivity index (χ4v) is 2.70. The van der Waals surface area contributed by atoms with Gasteiger partial charge < -0.3 is 4.74 Å². The molecule has 1 aromatic carbocycles. The van der Waals surface area contributed by atoms with Gasteiger partial charge in [-0.1, -0.05) is 30.3 Å². The molecule has 3 nitrogen and oxygen atoms in total. The van der Waals surface area contributed by atoms with E-state index < -0.39 is 0 Å². The first kappa shape index (κ1) is 12.1. The molecule has 0 saturated carbocycles. The number of thioether (sulfide) groups is 1. The fourth-order valence-electron chi connectivity index (χ4n) is 2.16. The highest BCUT2D eigenvalue weighted by atomic mass is 32.2. The van der Waals surface area contributed by atoms with E-state index in [9.17, 15) is 0 Å². The van der Waals surface area contributed by atoms with Gasteiger partial charge in [0.2, 0.25) is 5.88 Å². The summed E-state index contributed by atoms with van der Waals surface area (Å²) in [7, 11) is 1.68. The van der Waals surface area contributed by atoms with E-state index in [1.54, 1.807) is 18.9 Å². The van der Waals surface area contributed by atoms with Crippen LogP contribution in [0.2, 0.25) is 0 Å². The van der Waals surface area contributed by atoms with Crippen LogP contribution in [-0.4, -0.2) is 22.8 Å². The highest BCUT2D eigenvalue weighted by molar-refractivity contribution is 7.98. The van der Waals surface area contributed by atoms with Crippen molar-refractivity contribution in [2.24, 2.45) is 0 Å². The molecule has 0 spiro atoms. The monoisotopic (exact) mass is 270 g/mol. The average molecular weight is 270 g/mol. The summed E-state index contributed by atoms with van der Waals surface area (Å²) in [6.07, 6.45) is 4.03. The SMILES string of the molecule is COc1c(-c2ccccc2)nc2c(SC)cccn12. The van der Waals surface area contributed by atoms with E-state index in [0.29, 0.717) is 0 Å². The van der Waals surface area contributed by atoms with Gasteiger partial charge in [-0.05, 0) is 18.4 Å². The van der Waals surface area contributed by atoms with Gasteiger partial charge in [-0.15, -0.1) is 11.8 Å². The van der Waals surface area contributed by atoms with Gasteiger partial charge in [0.1, 0.15) is 5.69 Å². The van der Waals surface area contributed by atoms with Crippen LogP contribution in [-0.2, 0) is 0 Å². The van der Waals surface area contributed by atoms with E-state index in [1.165, 1.54) is 0 Å². The lowest BCUT2D eigenvalue weighted by molar-refractivity contribution is 0.395. The Morgan fingerprint density at radius 3 is 2.58 bits per heavy atom. The van der Waals surface area contributed by atoms with Crippen LogP contribution in [0.1, 0.15) is 0 Å². The summed E-state index contributed by atoms with van der Waals surface area (Å²) in [5, 5.41) is 0. The molecule has 3 rings (SSSR count). The van der Waals surface area contributed by atoms with Crippen molar-refractivity contribution in [2.45, 2.75) is 4.90 Å². The predicted molar refractivity (Wildman–Crippen MR) is 79.0 cm³/mol. The molecule has 0 saturated heterocycles. The van der Waals surface area contributed by atoms with Crippen LogP contribution in [0.15, 0.2) is 53.6 Å². The minimum atomic E-state index is 0.775. The number of imidazole rings is 1. The lowest BCUT2D eigenvalue weighted by atomic mass is 10.2. The number of aromatic nitrogens is 2. The zero-order chi connectivity index (χ0) is 13.2. The van der Waals surface area contributed by atoms with Gasteiger partial charge in [0, 0.05) is 11.8 Å². The third kappa shape index (κ3) is 1.98. The Hall–Kier alpha value is -1.94. The standard InChI is InChI=1S/C15H14N2OS/c1-18-15-13(11-7-4-3-5-8-11)16-14-12(19-2)9-6-10-17(14)15/h3-10H,1-2H3. The molecule has 0 fully saturated rings. The van der Waals surface area contributed by atoms with Gasteiger partial charge >= 0.3 is 0 Å². The Kier molecular flexibility index (Phi) is 3.17. The Labute approximate surface area is 116 Å². The average Bonchev–Trinajstić information content (AvgIpc) is 2.86. The Balaban J connectivity index is 2.31. The van der Waals surface area contributed by atoms with Crippen molar-refractivity contribution in [1.29, 1.82) is 0 Å². The molecular weight excluding hydrogens is 256 g/mol. The molecule has 96 valence electrons. The number of benzene rings is 1. The van der Waals surface area contributed by atoms with Crippen LogP contribution in [0.5, 0.6) is 5.88 Å². The largest absolute Gasteiger partial charge is 0.480 e. The summed E-state index contributed by atoms with van der Waals surface area (Å²) >= 11 is 1.69. The van der Waals surface area contributed by atoms with Gasteiger partial charge in [-0.25, -0.2) is 4.98 Å². The zero-order valence-corrected chi connectivity index (χ0v) is 11.6. The molecule has 2 aromatic heterocycles. The number of pyridine rings is 1. The second-order valence-electron chi connectivity index (χ2n) is 4.11. The minimum absolute atomic E-state index is 0.775. The molecule has 0 atom stereocenters. The number of ether oxygens (including phenoxy) is 1. The van der Waals surface area contributed by atoms with Crippen LogP contribution >= 0.6 is 11.8 Å². The highest BCUT2D eigenvalue weighted by Crippen LogP contribution is 2.33. The van der Waals surface area contributed by atoms with Gasteiger partial charge in [0.05, 0.1) is 12.0 Å². The summed E-state index contributed by atoms with van der Waals surface area (Å²) in [6, 6.07) is 14.2. The first-order valence-electron chi connectivity index (χ1n) is 5.99. The van der Waals surface area contributed by atoms with Crippen LogP contribution in [0, 0.1) is 0 Å². The first-order chi connectivity index (χ1) is 9.35. The summed E-state index contributed by atoms with van der Waals surface area (Å²) in [6.45, 7) is 0. The summed E-state index contributed by atoms with van der Waals surface area (Å²) in [5.74, 6) is 0.775. The molecule has 0 amide bonds. The predicted octanol–water partition coefficient (Wildman–Crippen LogP) is 3.73. The van der Waals surface area contributed by atoms with E-state index in [-0.39, 0.29) is 0 Å². The van der Waals surface area contributed by atoms with Crippen molar-refractivity contribution >= 4 is 17.4 Å². The molecule has 0 unspecified atom stereocenters. The van der Waals surface area contributed by atoms with Gasteiger partial charge in [-0.3, -0.25) is 4.40 Å². The number of hydrogen-bond donors (Lipinski definition) is 0. The topological polar surface area (TPSA) is 26.5 Å². The van der Waals surface area contributed by atoms with Gasteiger partial charge in [0.15, 0.2) is 5.65 Å². The quantitative estimate of drug-likeness (QED) is 0.678. The van der Waals surface area contributed by atoms with Crippen molar-refractivity contribution in [3.8, 4) is 17.1 Å². The third-order valence-corrected chi connectivity index (χ3v) is 3.79. The van der Waals surface area contributed by atoms with Crippen LogP contribution in [0.4, 0.5) is 0 Å². The van der Waals surface area contributed by atoms with E-state index in [0.717, 1.165) is 27.7 Å². The van der Waals surface area contributed by atoms with Gasteiger partial charge in [0.25, 0.3) is 0 Å². The maximum Gasteiger partial charge on any atom is 0.226 e. The molecule has 2 heterocycles. The molecule has 4 heteroatoms. The van der Waals surface area contributed by atoms with E-state index in [4.69, 9.17) is 9.72 Å². The lowest BCUT2D eigenvalue weighted by Crippen LogP contribution is -1.91. The normalized spacial score (nSPS) is 10.8. The maximum atomic E-state index is 5.54. The molecule has 0 aliphatic rings. The molecule has 0 radical (unpaired) electrons. The molecule has 3 aromatic rings. The minimum Gasteiger partial charge on any atom is -0.480 e. The Morgan fingerprint density at radius 2 is 1.89 bits per heavy atom. The van der Waals surface area contributed by atoms with Crippen molar-refractivity contribution in [1.82, 2.24) is 9.38 Å². The molecule has 0 aliphatic heterocycles. The molecule has 0 aliphatic carbocycles. The van der Waals surface area contributed by atoms with E-state index in [1.807, 2.05) is 47.0 Å². The van der Waals surface area contributed by atoms with Crippen LogP contribution < -0.4 is 4.74 Å². The molecule has 0 bridgehead atoms. The molecule has 19 heavy (non-hydrogen) atoms. The number of nitrogens with zero attached hydrogens (tertiary/aromatic N) is 2. The summed E-state index contributed by atoms with van der Waals surface area (Å²) in [4.78, 5) is 5.88. The molecular formula is C15H14N2OS. The Bertz CT molecular complexity index is 707. The van der Waals surface area contributed by atoms with Gasteiger partial charge in [-0.2, -0.15) is 0 Å². The summed E-state index contributed by atoms with van der Waals surface area (Å²) < 4.78 is 7.54. The Morgan fingerprint density at radius 1 is 1.11 bits per heavy atom. The third-order valence-electron chi connectivity index (χ3n) is 3.03. The fraction of sp³-hybridized carbons (Fsp3) is 0.133. The summed E-state index contributed by atoms with van der Waals surface area (Å²) in [5.41, 5.74) is 2.88. The number of methoxy groups -OCH3 is 1. The number of fused-ring (bicyclic) bond motifs is 1. The lowest BCUT2D eigenvalue weighted by Gasteiger charge is -2.03. The van der Waals surface area contributed by atoms with Crippen molar-refractivity contribution in [3.05, 3.63) is 48.7 Å². The number of hydrogen-bond acceptors (Lipinski definition) is 3. The van der Waals surface area contributed by atoms with Crippen molar-refractivity contribution in [2.75, 3.05) is 13.4 Å². The maximum absolute atomic E-state index is 5.54. The smallest absolute Gasteiger partial charge is 0.226 e.